The Morgan fingerprint density at radius 2 is 1.47 bits per heavy atom. The van der Waals surface area contributed by atoms with Crippen molar-refractivity contribution in [2.45, 2.75) is 46.5 Å². The second-order valence-corrected chi connectivity index (χ2v) is 4.76. The summed E-state index contributed by atoms with van der Waals surface area (Å²) in [4.78, 5) is 2.55. The van der Waals surface area contributed by atoms with Crippen LogP contribution in [0.5, 0.6) is 0 Å². The van der Waals surface area contributed by atoms with Crippen LogP contribution >= 0.6 is 0 Å². The van der Waals surface area contributed by atoms with Gasteiger partial charge in [0.15, 0.2) is 0 Å². The molecule has 0 saturated heterocycles. The molecule has 0 amide bonds. The smallest absolute Gasteiger partial charge is 0.00190 e. The lowest BCUT2D eigenvalue weighted by Gasteiger charge is -2.19. The maximum Gasteiger partial charge on any atom is -0.00190 e. The van der Waals surface area contributed by atoms with Gasteiger partial charge in [0.05, 0.1) is 0 Å². The number of hydrogen-bond acceptors (Lipinski definition) is 1. The van der Waals surface area contributed by atoms with Crippen LogP contribution in [0.25, 0.3) is 6.08 Å². The molecule has 0 N–H and O–H groups in total. The van der Waals surface area contributed by atoms with Crippen LogP contribution in [0.3, 0.4) is 0 Å². The van der Waals surface area contributed by atoms with E-state index < -0.39 is 0 Å². The van der Waals surface area contributed by atoms with Gasteiger partial charge >= 0.3 is 0 Å². The molecule has 1 aromatic carbocycles. The van der Waals surface area contributed by atoms with E-state index in [1.54, 1.807) is 0 Å². The van der Waals surface area contributed by atoms with Gasteiger partial charge in [0, 0.05) is 0 Å². The fraction of sp³-hybridized carbons (Fsp3) is 0.556. The maximum atomic E-state index is 3.63. The predicted octanol–water partition coefficient (Wildman–Crippen LogP) is 5.24. The summed E-state index contributed by atoms with van der Waals surface area (Å²) >= 11 is 0. The lowest BCUT2D eigenvalue weighted by atomic mass is 10.2. The van der Waals surface area contributed by atoms with Gasteiger partial charge in [-0.05, 0) is 38.0 Å². The standard InChI is InChI=1S/C10H23N.C8H8/c1-4-7-9-11(6-3)10-8-5-2;1-2-8-6-4-3-5-7-8/h4-10H2,1-3H3;2-7H,1H2. The Labute approximate surface area is 120 Å². The summed E-state index contributed by atoms with van der Waals surface area (Å²) in [5, 5.41) is 0. The van der Waals surface area contributed by atoms with Crippen molar-refractivity contribution in [1.29, 1.82) is 0 Å². The maximum absolute atomic E-state index is 3.63. The van der Waals surface area contributed by atoms with Crippen LogP contribution in [-0.2, 0) is 0 Å². The molecule has 1 aromatic rings. The molecule has 0 bridgehead atoms. The quantitative estimate of drug-likeness (QED) is 0.618. The van der Waals surface area contributed by atoms with Crippen molar-refractivity contribution < 1.29 is 0 Å². The van der Waals surface area contributed by atoms with Gasteiger partial charge in [0.1, 0.15) is 0 Å². The van der Waals surface area contributed by atoms with Gasteiger partial charge in [0.25, 0.3) is 0 Å². The molecule has 0 saturated carbocycles. The molecular formula is C18H31N. The number of unbranched alkanes of at least 4 members (excludes halogenated alkanes) is 2. The highest BCUT2D eigenvalue weighted by atomic mass is 15.1. The highest BCUT2D eigenvalue weighted by molar-refractivity contribution is 5.45. The normalized spacial score (nSPS) is 9.89. The first-order chi connectivity index (χ1) is 9.28. The van der Waals surface area contributed by atoms with E-state index in [1.807, 2.05) is 36.4 Å². The molecule has 0 unspecified atom stereocenters. The average Bonchev–Trinajstić information content (AvgIpc) is 2.49. The second kappa shape index (κ2) is 13.4. The van der Waals surface area contributed by atoms with E-state index in [1.165, 1.54) is 50.9 Å². The first-order valence-electron chi connectivity index (χ1n) is 7.68. The first kappa shape index (κ1) is 17.9. The summed E-state index contributed by atoms with van der Waals surface area (Å²) in [7, 11) is 0. The van der Waals surface area contributed by atoms with Crippen LogP contribution in [0, 0.1) is 0 Å². The van der Waals surface area contributed by atoms with E-state index in [4.69, 9.17) is 0 Å². The molecule has 1 heteroatoms. The van der Waals surface area contributed by atoms with Gasteiger partial charge in [-0.2, -0.15) is 0 Å². The van der Waals surface area contributed by atoms with E-state index in [2.05, 4.69) is 32.3 Å². The van der Waals surface area contributed by atoms with Gasteiger partial charge in [-0.1, -0.05) is 76.6 Å². The topological polar surface area (TPSA) is 3.24 Å². The van der Waals surface area contributed by atoms with Gasteiger partial charge in [-0.15, -0.1) is 0 Å². The molecule has 1 nitrogen and oxygen atoms in total. The van der Waals surface area contributed by atoms with Crippen molar-refractivity contribution >= 4 is 6.08 Å². The number of rotatable bonds is 8. The van der Waals surface area contributed by atoms with Crippen molar-refractivity contribution in [3.05, 3.63) is 42.5 Å². The summed E-state index contributed by atoms with van der Waals surface area (Å²) in [6.07, 6.45) is 7.19. The van der Waals surface area contributed by atoms with E-state index in [-0.39, 0.29) is 0 Å². The molecule has 0 aliphatic carbocycles. The van der Waals surface area contributed by atoms with E-state index >= 15 is 0 Å². The summed E-state index contributed by atoms with van der Waals surface area (Å²) in [6, 6.07) is 10.0. The minimum absolute atomic E-state index is 1.17. The molecule has 0 heterocycles. The Morgan fingerprint density at radius 3 is 1.79 bits per heavy atom. The minimum Gasteiger partial charge on any atom is -0.304 e. The van der Waals surface area contributed by atoms with Crippen molar-refractivity contribution in [3.63, 3.8) is 0 Å². The highest BCUT2D eigenvalue weighted by Crippen LogP contribution is 1.98. The number of benzene rings is 1. The zero-order chi connectivity index (χ0) is 14.3. The second-order valence-electron chi connectivity index (χ2n) is 4.76. The number of nitrogens with zero attached hydrogens (tertiary/aromatic N) is 1. The summed E-state index contributed by atoms with van der Waals surface area (Å²) in [5.41, 5.74) is 1.17. The van der Waals surface area contributed by atoms with Crippen molar-refractivity contribution in [1.82, 2.24) is 4.90 Å². The van der Waals surface area contributed by atoms with Crippen LogP contribution < -0.4 is 0 Å². The zero-order valence-corrected chi connectivity index (χ0v) is 13.1. The van der Waals surface area contributed by atoms with E-state index in [9.17, 15) is 0 Å². The third-order valence-corrected chi connectivity index (χ3v) is 3.14. The highest BCUT2D eigenvalue weighted by Gasteiger charge is 1.98. The third-order valence-electron chi connectivity index (χ3n) is 3.14. The molecule has 0 aliphatic rings. The monoisotopic (exact) mass is 261 g/mol. The van der Waals surface area contributed by atoms with Crippen molar-refractivity contribution in [2.75, 3.05) is 19.6 Å². The fourth-order valence-electron chi connectivity index (χ4n) is 1.78. The molecular weight excluding hydrogens is 230 g/mol. The lowest BCUT2D eigenvalue weighted by Crippen LogP contribution is -2.25. The Bertz CT molecular complexity index is 284. The van der Waals surface area contributed by atoms with E-state index in [0.717, 1.165) is 0 Å². The zero-order valence-electron chi connectivity index (χ0n) is 13.1. The van der Waals surface area contributed by atoms with Gasteiger partial charge in [-0.3, -0.25) is 0 Å². The molecule has 19 heavy (non-hydrogen) atoms. The molecule has 0 aromatic heterocycles. The SMILES string of the molecule is C=Cc1ccccc1.CCCCN(CC)CCCC. The van der Waals surface area contributed by atoms with Crippen LogP contribution in [0.1, 0.15) is 52.0 Å². The van der Waals surface area contributed by atoms with Gasteiger partial charge in [-0.25, -0.2) is 0 Å². The van der Waals surface area contributed by atoms with E-state index in [0.29, 0.717) is 0 Å². The average molecular weight is 261 g/mol. The Kier molecular flexibility index (Phi) is 12.6. The predicted molar refractivity (Wildman–Crippen MR) is 88.5 cm³/mol. The third kappa shape index (κ3) is 10.5. The van der Waals surface area contributed by atoms with Gasteiger partial charge in [0.2, 0.25) is 0 Å². The van der Waals surface area contributed by atoms with Crippen LogP contribution in [0.4, 0.5) is 0 Å². The van der Waals surface area contributed by atoms with Crippen molar-refractivity contribution in [2.24, 2.45) is 0 Å². The molecule has 108 valence electrons. The van der Waals surface area contributed by atoms with Crippen molar-refractivity contribution in [3.8, 4) is 0 Å². The summed E-state index contributed by atoms with van der Waals surface area (Å²) in [6.45, 7) is 14.2. The molecule has 0 atom stereocenters. The number of hydrogen-bond donors (Lipinski definition) is 0. The van der Waals surface area contributed by atoms with Crippen LogP contribution in [-0.4, -0.2) is 24.5 Å². The van der Waals surface area contributed by atoms with Crippen LogP contribution in [0.2, 0.25) is 0 Å². The summed E-state index contributed by atoms with van der Waals surface area (Å²) < 4.78 is 0. The summed E-state index contributed by atoms with van der Waals surface area (Å²) in [5.74, 6) is 0. The molecule has 0 aliphatic heterocycles. The lowest BCUT2D eigenvalue weighted by molar-refractivity contribution is 0.279. The molecule has 1 rings (SSSR count). The Balaban J connectivity index is 0.000000356. The Hall–Kier alpha value is -1.08. The first-order valence-corrected chi connectivity index (χ1v) is 7.68. The van der Waals surface area contributed by atoms with Crippen LogP contribution in [0.15, 0.2) is 36.9 Å². The van der Waals surface area contributed by atoms with Gasteiger partial charge < -0.3 is 4.90 Å². The minimum atomic E-state index is 1.17. The largest absolute Gasteiger partial charge is 0.304 e. The molecule has 0 spiro atoms. The molecule has 0 fully saturated rings. The molecule has 0 radical (unpaired) electrons. The Morgan fingerprint density at radius 1 is 0.947 bits per heavy atom. The fourth-order valence-corrected chi connectivity index (χ4v) is 1.78.